The molecule has 30 heavy (non-hydrogen) atoms. The van der Waals surface area contributed by atoms with Crippen LogP contribution in [-0.2, 0) is 17.9 Å². The van der Waals surface area contributed by atoms with Gasteiger partial charge in [-0.25, -0.2) is 4.98 Å². The molecule has 0 fully saturated rings. The Bertz CT molecular complexity index is 1120. The fourth-order valence-corrected chi connectivity index (χ4v) is 3.64. The summed E-state index contributed by atoms with van der Waals surface area (Å²) in [5.41, 5.74) is 7.85. The van der Waals surface area contributed by atoms with Gasteiger partial charge in [-0.15, -0.1) is 0 Å². The molecule has 0 aliphatic heterocycles. The molecule has 0 aliphatic carbocycles. The lowest BCUT2D eigenvalue weighted by molar-refractivity contribution is 0.0135. The van der Waals surface area contributed by atoms with Gasteiger partial charge in [0.15, 0.2) is 0 Å². The second-order valence-electron chi connectivity index (χ2n) is 7.35. The van der Waals surface area contributed by atoms with Crippen molar-refractivity contribution in [3.63, 3.8) is 0 Å². The molecule has 0 aliphatic rings. The first kappa shape index (κ1) is 19.8. The number of carbonyl (C=O) groups excluding carboxylic acids is 1. The van der Waals surface area contributed by atoms with Crippen molar-refractivity contribution in [2.45, 2.75) is 38.6 Å². The van der Waals surface area contributed by atoms with Gasteiger partial charge in [0, 0.05) is 18.1 Å². The maximum Gasteiger partial charge on any atom is 0.268 e. The largest absolute Gasteiger partial charge is 0.372 e. The van der Waals surface area contributed by atoms with Crippen LogP contribution in [0.5, 0.6) is 0 Å². The third-order valence-electron chi connectivity index (χ3n) is 5.32. The van der Waals surface area contributed by atoms with Crippen molar-refractivity contribution in [3.8, 4) is 0 Å². The van der Waals surface area contributed by atoms with E-state index in [1.165, 1.54) is 0 Å². The van der Waals surface area contributed by atoms with Crippen molar-refractivity contribution in [2.24, 2.45) is 5.73 Å². The first-order valence-electron chi connectivity index (χ1n) is 10.0. The monoisotopic (exact) mass is 403 g/mol. The number of hydrogen-bond donors (Lipinski definition) is 1. The zero-order chi connectivity index (χ0) is 20.9. The number of carbonyl (C=O) groups is 1. The highest BCUT2D eigenvalue weighted by molar-refractivity contribution is 5.90. The molecule has 0 saturated carbocycles. The van der Waals surface area contributed by atoms with E-state index >= 15 is 0 Å². The van der Waals surface area contributed by atoms with Crippen LogP contribution in [0.3, 0.4) is 0 Å². The first-order valence-corrected chi connectivity index (χ1v) is 10.0. The van der Waals surface area contributed by atoms with E-state index in [1.807, 2.05) is 64.8 Å². The van der Waals surface area contributed by atoms with Crippen LogP contribution in [-0.4, -0.2) is 31.3 Å². The van der Waals surface area contributed by atoms with Gasteiger partial charge in [-0.2, -0.15) is 5.10 Å². The van der Waals surface area contributed by atoms with Crippen LogP contribution >= 0.6 is 0 Å². The van der Waals surface area contributed by atoms with Crippen LogP contribution in [0.4, 0.5) is 0 Å². The van der Waals surface area contributed by atoms with Gasteiger partial charge in [0.2, 0.25) is 0 Å². The predicted molar refractivity (Wildman–Crippen MR) is 115 cm³/mol. The SMILES string of the molecule is CC(OCc1ccccc1)C(CCn1ncc2ccccc21)n1cnc(C(N)=O)c1. The third kappa shape index (κ3) is 4.41. The number of primary amides is 1. The van der Waals surface area contributed by atoms with Crippen LogP contribution in [0, 0.1) is 0 Å². The number of aromatic nitrogens is 4. The van der Waals surface area contributed by atoms with Gasteiger partial charge in [-0.1, -0.05) is 48.5 Å². The number of fused-ring (bicyclic) bond motifs is 1. The molecule has 7 nitrogen and oxygen atoms in total. The molecule has 4 rings (SSSR count). The molecule has 4 aromatic rings. The number of benzene rings is 2. The molecule has 154 valence electrons. The Morgan fingerprint density at radius 2 is 1.90 bits per heavy atom. The van der Waals surface area contributed by atoms with Gasteiger partial charge in [0.05, 0.1) is 36.8 Å². The number of para-hydroxylation sites is 1. The van der Waals surface area contributed by atoms with E-state index in [0.29, 0.717) is 13.2 Å². The van der Waals surface area contributed by atoms with E-state index in [9.17, 15) is 4.79 Å². The fraction of sp³-hybridized carbons (Fsp3) is 0.261. The molecule has 0 saturated heterocycles. The molecule has 2 aromatic carbocycles. The average Bonchev–Trinajstić information content (AvgIpc) is 3.41. The maximum absolute atomic E-state index is 11.5. The van der Waals surface area contributed by atoms with E-state index < -0.39 is 5.91 Å². The third-order valence-corrected chi connectivity index (χ3v) is 5.32. The molecule has 2 heterocycles. The Morgan fingerprint density at radius 1 is 1.13 bits per heavy atom. The number of nitrogens with zero attached hydrogens (tertiary/aromatic N) is 4. The van der Waals surface area contributed by atoms with Crippen molar-refractivity contribution in [1.29, 1.82) is 0 Å². The number of nitrogens with two attached hydrogens (primary N) is 1. The second kappa shape index (κ2) is 8.92. The summed E-state index contributed by atoms with van der Waals surface area (Å²) in [4.78, 5) is 15.7. The summed E-state index contributed by atoms with van der Waals surface area (Å²) in [5, 5.41) is 5.64. The molecule has 2 atom stereocenters. The molecule has 0 bridgehead atoms. The smallest absolute Gasteiger partial charge is 0.268 e. The van der Waals surface area contributed by atoms with Gasteiger partial charge in [-0.05, 0) is 25.0 Å². The Hall–Kier alpha value is -3.45. The summed E-state index contributed by atoms with van der Waals surface area (Å²) in [6.07, 6.45) is 5.87. The molecule has 2 aromatic heterocycles. The number of imidazole rings is 1. The van der Waals surface area contributed by atoms with Crippen molar-refractivity contribution in [1.82, 2.24) is 19.3 Å². The van der Waals surface area contributed by atoms with Crippen LogP contribution in [0.25, 0.3) is 10.9 Å². The number of hydrogen-bond acceptors (Lipinski definition) is 4. The number of amides is 1. The highest BCUT2D eigenvalue weighted by Crippen LogP contribution is 2.23. The van der Waals surface area contributed by atoms with Crippen LogP contribution < -0.4 is 5.73 Å². The molecule has 1 amide bonds. The van der Waals surface area contributed by atoms with Crippen molar-refractivity contribution in [2.75, 3.05) is 0 Å². The first-order chi connectivity index (χ1) is 14.6. The number of aryl methyl sites for hydroxylation is 1. The van der Waals surface area contributed by atoms with E-state index in [-0.39, 0.29) is 17.8 Å². The quantitative estimate of drug-likeness (QED) is 0.463. The summed E-state index contributed by atoms with van der Waals surface area (Å²) in [6, 6.07) is 18.2. The summed E-state index contributed by atoms with van der Waals surface area (Å²) < 4.78 is 10.1. The van der Waals surface area contributed by atoms with Crippen molar-refractivity contribution in [3.05, 3.63) is 84.6 Å². The molecule has 0 radical (unpaired) electrons. The summed E-state index contributed by atoms with van der Waals surface area (Å²) >= 11 is 0. The van der Waals surface area contributed by atoms with E-state index in [4.69, 9.17) is 10.5 Å². The minimum atomic E-state index is -0.538. The summed E-state index contributed by atoms with van der Waals surface area (Å²) in [7, 11) is 0. The number of rotatable bonds is 9. The molecular formula is C23H25N5O2. The normalized spacial score (nSPS) is 13.4. The van der Waals surface area contributed by atoms with Gasteiger partial charge >= 0.3 is 0 Å². The fourth-order valence-electron chi connectivity index (χ4n) is 3.64. The molecule has 0 spiro atoms. The Morgan fingerprint density at radius 3 is 2.67 bits per heavy atom. The number of ether oxygens (including phenoxy) is 1. The van der Waals surface area contributed by atoms with E-state index in [1.54, 1.807) is 12.5 Å². The van der Waals surface area contributed by atoms with E-state index in [0.717, 1.165) is 22.9 Å². The lowest BCUT2D eigenvalue weighted by atomic mass is 10.1. The summed E-state index contributed by atoms with van der Waals surface area (Å²) in [5.74, 6) is -0.538. The van der Waals surface area contributed by atoms with Crippen LogP contribution in [0.1, 0.15) is 35.4 Å². The second-order valence-corrected chi connectivity index (χ2v) is 7.35. The minimum Gasteiger partial charge on any atom is -0.372 e. The standard InChI is InChI=1S/C23H25N5O2/c1-17(30-15-18-7-3-2-4-8-18)21(27-14-20(23(24)29)25-16-27)11-12-28-22-10-6-5-9-19(22)13-26-28/h2-10,13-14,16-17,21H,11-12,15H2,1H3,(H2,24,29). The van der Waals surface area contributed by atoms with Crippen molar-refractivity contribution < 1.29 is 9.53 Å². The highest BCUT2D eigenvalue weighted by atomic mass is 16.5. The van der Waals surface area contributed by atoms with Gasteiger partial charge in [0.1, 0.15) is 5.69 Å². The van der Waals surface area contributed by atoms with Gasteiger partial charge in [-0.3, -0.25) is 9.48 Å². The Balaban J connectivity index is 1.52. The van der Waals surface area contributed by atoms with E-state index in [2.05, 4.69) is 22.2 Å². The van der Waals surface area contributed by atoms with Crippen LogP contribution in [0.15, 0.2) is 73.3 Å². The van der Waals surface area contributed by atoms with Gasteiger partial charge < -0.3 is 15.0 Å². The lowest BCUT2D eigenvalue weighted by Crippen LogP contribution is -2.25. The minimum absolute atomic E-state index is 0.0303. The molecule has 2 N–H and O–H groups in total. The predicted octanol–water partition coefficient (Wildman–Crippen LogP) is 3.57. The van der Waals surface area contributed by atoms with Gasteiger partial charge in [0.25, 0.3) is 5.91 Å². The highest BCUT2D eigenvalue weighted by Gasteiger charge is 2.22. The summed E-state index contributed by atoms with van der Waals surface area (Å²) in [6.45, 7) is 3.26. The van der Waals surface area contributed by atoms with Crippen molar-refractivity contribution >= 4 is 16.8 Å². The maximum atomic E-state index is 11.5. The zero-order valence-corrected chi connectivity index (χ0v) is 16.9. The zero-order valence-electron chi connectivity index (χ0n) is 16.9. The molecular weight excluding hydrogens is 378 g/mol. The van der Waals surface area contributed by atoms with Crippen LogP contribution in [0.2, 0.25) is 0 Å². The topological polar surface area (TPSA) is 88.0 Å². The molecule has 7 heteroatoms. The molecule has 2 unspecified atom stereocenters. The lowest BCUT2D eigenvalue weighted by Gasteiger charge is -2.26. The average molecular weight is 403 g/mol. The Kier molecular flexibility index (Phi) is 5.90. The Labute approximate surface area is 175 Å².